The molecule has 3 nitrogen and oxygen atoms in total. The van der Waals surface area contributed by atoms with Crippen LogP contribution in [0, 0.1) is 6.92 Å². The average molecular weight is 214 g/mol. The highest BCUT2D eigenvalue weighted by Gasteiger charge is 2.27. The van der Waals surface area contributed by atoms with Gasteiger partial charge in [0, 0.05) is 17.7 Å². The van der Waals surface area contributed by atoms with Crippen LogP contribution in [0.15, 0.2) is 5.38 Å². The van der Waals surface area contributed by atoms with Crippen molar-refractivity contribution in [3.8, 4) is 0 Å². The first kappa shape index (κ1) is 11.6. The first-order valence-corrected chi connectivity index (χ1v) is 5.69. The third kappa shape index (κ3) is 2.53. The number of hydrogen-bond donors (Lipinski definition) is 1. The highest BCUT2D eigenvalue weighted by molar-refractivity contribution is 7.09. The zero-order valence-electron chi connectivity index (χ0n) is 9.26. The fourth-order valence-electron chi connectivity index (χ4n) is 1.15. The minimum Gasteiger partial charge on any atom is -0.379 e. The molecule has 14 heavy (non-hydrogen) atoms. The van der Waals surface area contributed by atoms with Crippen LogP contribution in [0.25, 0.3) is 0 Å². The number of rotatable bonds is 5. The van der Waals surface area contributed by atoms with E-state index < -0.39 is 0 Å². The molecule has 4 heteroatoms. The number of nitrogens with zero attached hydrogens (tertiary/aromatic N) is 1. The van der Waals surface area contributed by atoms with Crippen molar-refractivity contribution >= 4 is 11.3 Å². The van der Waals surface area contributed by atoms with Gasteiger partial charge in [-0.1, -0.05) is 0 Å². The third-order valence-corrected chi connectivity index (χ3v) is 3.46. The summed E-state index contributed by atoms with van der Waals surface area (Å²) in [6, 6.07) is 0. The second-order valence-electron chi connectivity index (χ2n) is 3.51. The van der Waals surface area contributed by atoms with Gasteiger partial charge in [0.2, 0.25) is 0 Å². The molecule has 0 aromatic carbocycles. The van der Waals surface area contributed by atoms with E-state index in [-0.39, 0.29) is 5.54 Å². The van der Waals surface area contributed by atoms with E-state index in [1.54, 1.807) is 11.3 Å². The summed E-state index contributed by atoms with van der Waals surface area (Å²) >= 11 is 1.68. The minimum absolute atomic E-state index is 0.158. The molecule has 1 rings (SSSR count). The van der Waals surface area contributed by atoms with Crippen LogP contribution in [0.4, 0.5) is 0 Å². The zero-order valence-corrected chi connectivity index (χ0v) is 10.1. The van der Waals surface area contributed by atoms with Crippen molar-refractivity contribution in [2.45, 2.75) is 26.3 Å². The van der Waals surface area contributed by atoms with Gasteiger partial charge < -0.3 is 10.1 Å². The summed E-state index contributed by atoms with van der Waals surface area (Å²) in [5, 5.41) is 6.42. The van der Waals surface area contributed by atoms with E-state index in [2.05, 4.69) is 22.6 Å². The molecular weight excluding hydrogens is 196 g/mol. The van der Waals surface area contributed by atoms with Crippen LogP contribution in [-0.4, -0.2) is 25.2 Å². The largest absolute Gasteiger partial charge is 0.379 e. The van der Waals surface area contributed by atoms with E-state index in [0.717, 1.165) is 17.3 Å². The van der Waals surface area contributed by atoms with Gasteiger partial charge in [0.1, 0.15) is 5.01 Å². The Bertz CT molecular complexity index is 287. The highest BCUT2D eigenvalue weighted by Crippen LogP contribution is 2.24. The average Bonchev–Trinajstić information content (AvgIpc) is 2.62. The maximum atomic E-state index is 5.46. The summed E-state index contributed by atoms with van der Waals surface area (Å²) in [6.45, 7) is 7.52. The Balaban J connectivity index is 2.78. The molecule has 0 aliphatic rings. The summed E-state index contributed by atoms with van der Waals surface area (Å²) in [4.78, 5) is 4.48. The molecule has 0 saturated carbocycles. The second-order valence-corrected chi connectivity index (χ2v) is 4.37. The predicted molar refractivity (Wildman–Crippen MR) is 59.8 cm³/mol. The molecule has 1 heterocycles. The van der Waals surface area contributed by atoms with Gasteiger partial charge in [-0.15, -0.1) is 11.3 Å². The van der Waals surface area contributed by atoms with Gasteiger partial charge in [-0.2, -0.15) is 0 Å². The van der Waals surface area contributed by atoms with E-state index in [4.69, 9.17) is 4.74 Å². The minimum atomic E-state index is -0.158. The lowest BCUT2D eigenvalue weighted by atomic mass is 10.1. The number of thiazole rings is 1. The fraction of sp³-hybridized carbons (Fsp3) is 0.700. The quantitative estimate of drug-likeness (QED) is 0.813. The van der Waals surface area contributed by atoms with Crippen molar-refractivity contribution in [3.05, 3.63) is 16.1 Å². The normalized spacial score (nSPS) is 15.4. The number of nitrogens with one attached hydrogen (secondary N) is 1. The Labute approximate surface area is 89.5 Å². The molecule has 1 aromatic rings. The van der Waals surface area contributed by atoms with Gasteiger partial charge in [-0.05, 0) is 27.8 Å². The maximum absolute atomic E-state index is 5.46. The molecule has 0 bridgehead atoms. The molecule has 0 aliphatic carbocycles. The number of aryl methyl sites for hydroxylation is 1. The number of hydrogen-bond acceptors (Lipinski definition) is 4. The Morgan fingerprint density at radius 3 is 2.79 bits per heavy atom. The SMILES string of the molecule is CCOCC(C)(NC)c1nc(C)cs1. The van der Waals surface area contributed by atoms with Crippen LogP contribution in [-0.2, 0) is 10.3 Å². The summed E-state index contributed by atoms with van der Waals surface area (Å²) < 4.78 is 5.46. The molecule has 0 radical (unpaired) electrons. The van der Waals surface area contributed by atoms with Gasteiger partial charge in [-0.3, -0.25) is 0 Å². The molecule has 1 N–H and O–H groups in total. The first-order valence-electron chi connectivity index (χ1n) is 4.81. The molecule has 1 atom stereocenters. The topological polar surface area (TPSA) is 34.1 Å². The molecule has 0 spiro atoms. The Hall–Kier alpha value is -0.450. The second kappa shape index (κ2) is 4.87. The lowest BCUT2D eigenvalue weighted by Crippen LogP contribution is -2.41. The van der Waals surface area contributed by atoms with Crippen molar-refractivity contribution in [1.82, 2.24) is 10.3 Å². The van der Waals surface area contributed by atoms with Gasteiger partial charge in [0.05, 0.1) is 12.1 Å². The molecular formula is C10H18N2OS. The Morgan fingerprint density at radius 1 is 1.64 bits per heavy atom. The van der Waals surface area contributed by atoms with Crippen molar-refractivity contribution in [3.63, 3.8) is 0 Å². The lowest BCUT2D eigenvalue weighted by molar-refractivity contribution is 0.0868. The molecule has 0 saturated heterocycles. The van der Waals surface area contributed by atoms with E-state index in [1.165, 1.54) is 0 Å². The predicted octanol–water partition coefficient (Wildman–Crippen LogP) is 1.92. The van der Waals surface area contributed by atoms with Crippen LogP contribution in [0.1, 0.15) is 24.5 Å². The van der Waals surface area contributed by atoms with Crippen molar-refractivity contribution in [1.29, 1.82) is 0 Å². The highest BCUT2D eigenvalue weighted by atomic mass is 32.1. The van der Waals surface area contributed by atoms with Crippen molar-refractivity contribution in [2.75, 3.05) is 20.3 Å². The van der Waals surface area contributed by atoms with Crippen molar-refractivity contribution < 1.29 is 4.74 Å². The Kier molecular flexibility index (Phi) is 4.04. The molecule has 0 aliphatic heterocycles. The van der Waals surface area contributed by atoms with E-state index in [1.807, 2.05) is 20.9 Å². The maximum Gasteiger partial charge on any atom is 0.115 e. The summed E-state index contributed by atoms with van der Waals surface area (Å²) in [5.41, 5.74) is 0.914. The molecule has 0 fully saturated rings. The molecule has 1 unspecified atom stereocenters. The van der Waals surface area contributed by atoms with Crippen LogP contribution >= 0.6 is 11.3 Å². The van der Waals surface area contributed by atoms with Crippen LogP contribution in [0.5, 0.6) is 0 Å². The van der Waals surface area contributed by atoms with Gasteiger partial charge in [0.25, 0.3) is 0 Å². The van der Waals surface area contributed by atoms with Gasteiger partial charge in [-0.25, -0.2) is 4.98 Å². The van der Waals surface area contributed by atoms with Gasteiger partial charge in [0.15, 0.2) is 0 Å². The number of ether oxygens (including phenoxy) is 1. The first-order chi connectivity index (χ1) is 6.62. The Morgan fingerprint density at radius 2 is 2.36 bits per heavy atom. The van der Waals surface area contributed by atoms with Crippen LogP contribution in [0.2, 0.25) is 0 Å². The number of likely N-dealkylation sites (N-methyl/N-ethyl adjacent to an activating group) is 1. The standard InChI is InChI=1S/C10H18N2OS/c1-5-13-7-10(3,11-4)9-12-8(2)6-14-9/h6,11H,5,7H2,1-4H3. The van der Waals surface area contributed by atoms with Gasteiger partial charge >= 0.3 is 0 Å². The third-order valence-electron chi connectivity index (χ3n) is 2.24. The molecule has 1 aromatic heterocycles. The van der Waals surface area contributed by atoms with Crippen LogP contribution in [0.3, 0.4) is 0 Å². The van der Waals surface area contributed by atoms with E-state index in [9.17, 15) is 0 Å². The summed E-state index contributed by atoms with van der Waals surface area (Å²) in [7, 11) is 1.94. The monoisotopic (exact) mass is 214 g/mol. The smallest absolute Gasteiger partial charge is 0.115 e. The number of aromatic nitrogens is 1. The van der Waals surface area contributed by atoms with E-state index in [0.29, 0.717) is 6.61 Å². The summed E-state index contributed by atoms with van der Waals surface area (Å²) in [5.74, 6) is 0. The zero-order chi connectivity index (χ0) is 10.6. The lowest BCUT2D eigenvalue weighted by Gasteiger charge is -2.26. The fourth-order valence-corrected chi connectivity index (χ4v) is 2.11. The molecule has 80 valence electrons. The van der Waals surface area contributed by atoms with Crippen LogP contribution < -0.4 is 5.32 Å². The van der Waals surface area contributed by atoms with E-state index >= 15 is 0 Å². The summed E-state index contributed by atoms with van der Waals surface area (Å²) in [6.07, 6.45) is 0. The van der Waals surface area contributed by atoms with Crippen molar-refractivity contribution in [2.24, 2.45) is 0 Å². The molecule has 0 amide bonds.